The molecular weight excluding hydrogens is 281 g/mol. The molecule has 1 aromatic carbocycles. The van der Waals surface area contributed by atoms with E-state index < -0.39 is 17.3 Å². The van der Waals surface area contributed by atoms with Gasteiger partial charge in [0.1, 0.15) is 11.3 Å². The Morgan fingerprint density at radius 2 is 2.45 bits per heavy atom. The lowest BCUT2D eigenvalue weighted by molar-refractivity contribution is 0.0613. The summed E-state index contributed by atoms with van der Waals surface area (Å²) in [5, 5.41) is 12.9. The van der Waals surface area contributed by atoms with Crippen LogP contribution in [-0.4, -0.2) is 44.6 Å². The number of amides is 1. The van der Waals surface area contributed by atoms with Crippen LogP contribution in [0.5, 0.6) is 0 Å². The molecule has 1 unspecified atom stereocenters. The molecule has 3 N–H and O–H groups in total. The van der Waals surface area contributed by atoms with Crippen molar-refractivity contribution in [2.45, 2.75) is 12.0 Å². The maximum absolute atomic E-state index is 13.5. The summed E-state index contributed by atoms with van der Waals surface area (Å²) in [7, 11) is 0. The van der Waals surface area contributed by atoms with E-state index in [9.17, 15) is 14.3 Å². The average Bonchev–Trinajstić information content (AvgIpc) is 3.04. The number of aliphatic hydroxyl groups is 1. The average molecular weight is 295 g/mol. The number of carbonyl (C=O) groups is 1. The number of nitrogens with zero attached hydrogens (tertiary/aromatic N) is 1. The molecule has 0 bridgehead atoms. The molecule has 106 valence electrons. The van der Waals surface area contributed by atoms with Crippen molar-refractivity contribution in [2.75, 3.05) is 18.1 Å². The first-order valence-corrected chi connectivity index (χ1v) is 7.44. The van der Waals surface area contributed by atoms with Crippen LogP contribution >= 0.6 is 11.8 Å². The number of imidazole rings is 1. The van der Waals surface area contributed by atoms with E-state index in [4.69, 9.17) is 0 Å². The number of rotatable bonds is 3. The van der Waals surface area contributed by atoms with Gasteiger partial charge in [-0.25, -0.2) is 9.37 Å². The largest absolute Gasteiger partial charge is 0.387 e. The second-order valence-corrected chi connectivity index (χ2v) is 6.07. The third-order valence-electron chi connectivity index (χ3n) is 3.39. The highest BCUT2D eigenvalue weighted by Crippen LogP contribution is 2.27. The molecule has 1 aliphatic heterocycles. The Hall–Kier alpha value is -1.60. The Labute approximate surface area is 119 Å². The number of aromatic nitrogens is 2. The zero-order chi connectivity index (χ0) is 14.2. The van der Waals surface area contributed by atoms with E-state index in [1.165, 1.54) is 12.4 Å². The maximum atomic E-state index is 13.5. The third-order valence-corrected chi connectivity index (χ3v) is 4.63. The number of thioether (sulfide) groups is 1. The Morgan fingerprint density at radius 1 is 1.60 bits per heavy atom. The third kappa shape index (κ3) is 2.51. The van der Waals surface area contributed by atoms with Crippen LogP contribution in [0.15, 0.2) is 18.5 Å². The van der Waals surface area contributed by atoms with Gasteiger partial charge in [-0.3, -0.25) is 4.79 Å². The molecule has 1 fully saturated rings. The van der Waals surface area contributed by atoms with Crippen LogP contribution < -0.4 is 5.32 Å². The van der Waals surface area contributed by atoms with Crippen LogP contribution in [0.4, 0.5) is 4.39 Å². The quantitative estimate of drug-likeness (QED) is 0.797. The molecule has 5 nitrogen and oxygen atoms in total. The predicted molar refractivity (Wildman–Crippen MR) is 75.3 cm³/mol. The summed E-state index contributed by atoms with van der Waals surface area (Å²) in [5.74, 6) is 0.568. The van der Waals surface area contributed by atoms with Gasteiger partial charge in [0.05, 0.1) is 23.0 Å². The van der Waals surface area contributed by atoms with Crippen molar-refractivity contribution in [3.63, 3.8) is 0 Å². The monoisotopic (exact) mass is 295 g/mol. The van der Waals surface area contributed by atoms with Crippen LogP contribution in [0.3, 0.4) is 0 Å². The highest BCUT2D eigenvalue weighted by molar-refractivity contribution is 7.99. The van der Waals surface area contributed by atoms with Crippen molar-refractivity contribution in [1.29, 1.82) is 0 Å². The number of nitrogens with one attached hydrogen (secondary N) is 2. The Balaban J connectivity index is 1.80. The highest BCUT2D eigenvalue weighted by atomic mass is 32.2. The van der Waals surface area contributed by atoms with Crippen LogP contribution in [0, 0.1) is 5.82 Å². The normalized spacial score (nSPS) is 22.3. The second-order valence-electron chi connectivity index (χ2n) is 4.96. The number of aromatic amines is 1. The molecule has 1 aliphatic rings. The van der Waals surface area contributed by atoms with Crippen molar-refractivity contribution in [3.8, 4) is 0 Å². The van der Waals surface area contributed by atoms with E-state index >= 15 is 0 Å². The lowest BCUT2D eigenvalue weighted by Crippen LogP contribution is -2.43. The molecule has 2 aromatic rings. The van der Waals surface area contributed by atoms with Gasteiger partial charge in [0.25, 0.3) is 5.91 Å². The summed E-state index contributed by atoms with van der Waals surface area (Å²) in [5.41, 5.74) is 0.218. The summed E-state index contributed by atoms with van der Waals surface area (Å²) < 4.78 is 13.5. The number of halogens is 1. The van der Waals surface area contributed by atoms with Gasteiger partial charge in [-0.15, -0.1) is 0 Å². The van der Waals surface area contributed by atoms with E-state index in [2.05, 4.69) is 15.3 Å². The standard InChI is InChI=1S/C13H14FN3O2S/c14-8-3-9(11-10(4-8)16-7-17-11)12(18)15-5-13(19)1-2-20-6-13/h3-4,7,19H,1-2,5-6H2,(H,15,18)(H,16,17). The molecule has 0 saturated carbocycles. The summed E-state index contributed by atoms with van der Waals surface area (Å²) in [6, 6.07) is 2.45. The fourth-order valence-electron chi connectivity index (χ4n) is 2.26. The summed E-state index contributed by atoms with van der Waals surface area (Å²) in [6.07, 6.45) is 2.07. The summed E-state index contributed by atoms with van der Waals surface area (Å²) >= 11 is 1.66. The minimum atomic E-state index is -0.863. The number of carbonyl (C=O) groups excluding carboxylic acids is 1. The fraction of sp³-hybridized carbons (Fsp3) is 0.385. The zero-order valence-corrected chi connectivity index (χ0v) is 11.5. The van der Waals surface area contributed by atoms with E-state index in [0.29, 0.717) is 23.2 Å². The molecule has 1 saturated heterocycles. The molecule has 20 heavy (non-hydrogen) atoms. The SMILES string of the molecule is O=C(NCC1(O)CCSC1)c1cc(F)cc2[nH]cnc12. The first-order chi connectivity index (χ1) is 9.57. The summed E-state index contributed by atoms with van der Waals surface area (Å²) in [6.45, 7) is 0.168. The minimum Gasteiger partial charge on any atom is -0.387 e. The van der Waals surface area contributed by atoms with E-state index in [1.807, 2.05) is 0 Å². The smallest absolute Gasteiger partial charge is 0.253 e. The van der Waals surface area contributed by atoms with Gasteiger partial charge in [0.2, 0.25) is 0 Å². The van der Waals surface area contributed by atoms with Crippen molar-refractivity contribution in [1.82, 2.24) is 15.3 Å². The number of hydrogen-bond acceptors (Lipinski definition) is 4. The molecular formula is C13H14FN3O2S. The number of H-pyrrole nitrogens is 1. The van der Waals surface area contributed by atoms with Crippen molar-refractivity contribution in [3.05, 3.63) is 29.8 Å². The van der Waals surface area contributed by atoms with Gasteiger partial charge < -0.3 is 15.4 Å². The molecule has 3 rings (SSSR count). The second kappa shape index (κ2) is 5.06. The molecule has 1 amide bonds. The van der Waals surface area contributed by atoms with Crippen molar-refractivity contribution in [2.24, 2.45) is 0 Å². The minimum absolute atomic E-state index is 0.168. The van der Waals surface area contributed by atoms with Gasteiger partial charge in [0, 0.05) is 12.3 Å². The van der Waals surface area contributed by atoms with Crippen LogP contribution in [0.2, 0.25) is 0 Å². The lowest BCUT2D eigenvalue weighted by atomic mass is 10.0. The highest BCUT2D eigenvalue weighted by Gasteiger charge is 2.32. The first kappa shape index (κ1) is 13.4. The van der Waals surface area contributed by atoms with Crippen molar-refractivity contribution < 1.29 is 14.3 Å². The van der Waals surface area contributed by atoms with Gasteiger partial charge in [-0.2, -0.15) is 11.8 Å². The van der Waals surface area contributed by atoms with E-state index in [1.54, 1.807) is 11.8 Å². The zero-order valence-electron chi connectivity index (χ0n) is 10.6. The molecule has 7 heteroatoms. The fourth-order valence-corrected chi connectivity index (χ4v) is 3.56. The molecule has 0 aliphatic carbocycles. The van der Waals surface area contributed by atoms with Gasteiger partial charge in [-0.1, -0.05) is 0 Å². The summed E-state index contributed by atoms with van der Waals surface area (Å²) in [4.78, 5) is 19.0. The van der Waals surface area contributed by atoms with Crippen LogP contribution in [0.1, 0.15) is 16.8 Å². The molecule has 2 heterocycles. The van der Waals surface area contributed by atoms with E-state index in [0.717, 1.165) is 11.8 Å². The predicted octanol–water partition coefficient (Wildman–Crippen LogP) is 1.30. The topological polar surface area (TPSA) is 78.0 Å². The van der Waals surface area contributed by atoms with Gasteiger partial charge in [0.15, 0.2) is 0 Å². The van der Waals surface area contributed by atoms with Gasteiger partial charge >= 0.3 is 0 Å². The Bertz CT molecular complexity index is 652. The molecule has 0 spiro atoms. The maximum Gasteiger partial charge on any atom is 0.253 e. The number of benzene rings is 1. The number of fused-ring (bicyclic) bond motifs is 1. The Morgan fingerprint density at radius 3 is 3.20 bits per heavy atom. The lowest BCUT2D eigenvalue weighted by Gasteiger charge is -2.21. The first-order valence-electron chi connectivity index (χ1n) is 6.28. The molecule has 1 atom stereocenters. The molecule has 1 aromatic heterocycles. The van der Waals surface area contributed by atoms with Crippen LogP contribution in [-0.2, 0) is 0 Å². The van der Waals surface area contributed by atoms with E-state index in [-0.39, 0.29) is 12.1 Å². The van der Waals surface area contributed by atoms with Crippen LogP contribution in [0.25, 0.3) is 11.0 Å². The van der Waals surface area contributed by atoms with Gasteiger partial charge in [-0.05, 0) is 24.3 Å². The number of hydrogen-bond donors (Lipinski definition) is 3. The van der Waals surface area contributed by atoms with Crippen molar-refractivity contribution >= 4 is 28.7 Å². The Kier molecular flexibility index (Phi) is 3.39. The molecule has 0 radical (unpaired) electrons.